The largest absolute Gasteiger partial charge is 0.341 e. The molecule has 1 aromatic heterocycles. The average molecular weight is 331 g/mol. The van der Waals surface area contributed by atoms with Crippen molar-refractivity contribution in [2.24, 2.45) is 0 Å². The van der Waals surface area contributed by atoms with Gasteiger partial charge >= 0.3 is 0 Å². The lowest BCUT2D eigenvalue weighted by atomic mass is 9.89. The number of carbonyl (C=O) groups is 1. The van der Waals surface area contributed by atoms with Crippen molar-refractivity contribution in [2.75, 3.05) is 13.6 Å². The van der Waals surface area contributed by atoms with Crippen molar-refractivity contribution in [1.82, 2.24) is 15.0 Å². The van der Waals surface area contributed by atoms with E-state index in [1.54, 1.807) is 18.0 Å². The third kappa shape index (κ3) is 3.99. The van der Waals surface area contributed by atoms with Gasteiger partial charge in [-0.2, -0.15) is 4.98 Å². The molecule has 0 unspecified atom stereocenters. The van der Waals surface area contributed by atoms with Crippen molar-refractivity contribution in [3.63, 3.8) is 0 Å². The first kappa shape index (κ1) is 16.6. The van der Waals surface area contributed by atoms with Gasteiger partial charge in [-0.3, -0.25) is 4.79 Å². The molecule has 0 aliphatic heterocycles. The van der Waals surface area contributed by atoms with E-state index >= 15 is 0 Å². The molecule has 0 N–H and O–H groups in total. The van der Waals surface area contributed by atoms with Crippen LogP contribution in [0.25, 0.3) is 0 Å². The lowest BCUT2D eigenvalue weighted by Gasteiger charge is -2.17. The monoisotopic (exact) mass is 331 g/mol. The normalized spacial score (nSPS) is 15.4. The first-order chi connectivity index (χ1) is 11.6. The molecule has 1 heterocycles. The summed E-state index contributed by atoms with van der Waals surface area (Å²) in [5.41, 5.74) is 0.341. The molecule has 1 aliphatic rings. The van der Waals surface area contributed by atoms with Gasteiger partial charge in [0.2, 0.25) is 5.89 Å². The zero-order chi connectivity index (χ0) is 16.9. The average Bonchev–Trinajstić information content (AvgIpc) is 3.09. The Morgan fingerprint density at radius 1 is 1.33 bits per heavy atom. The summed E-state index contributed by atoms with van der Waals surface area (Å²) in [4.78, 5) is 18.3. The van der Waals surface area contributed by atoms with Crippen LogP contribution in [0.1, 0.15) is 60.1 Å². The highest BCUT2D eigenvalue weighted by Crippen LogP contribution is 2.31. The van der Waals surface area contributed by atoms with Crippen LogP contribution in [0, 0.1) is 5.82 Å². The van der Waals surface area contributed by atoms with Crippen LogP contribution in [-0.2, 0) is 6.42 Å². The minimum absolute atomic E-state index is 0.217. The number of hydrogen-bond donors (Lipinski definition) is 0. The molecule has 1 fully saturated rings. The molecule has 0 spiro atoms. The Labute approximate surface area is 140 Å². The van der Waals surface area contributed by atoms with Crippen molar-refractivity contribution < 1.29 is 13.7 Å². The molecule has 1 aromatic carbocycles. The quantitative estimate of drug-likeness (QED) is 0.840. The minimum atomic E-state index is -0.412. The summed E-state index contributed by atoms with van der Waals surface area (Å²) in [7, 11) is 1.69. The Balaban J connectivity index is 1.55. The fraction of sp³-hybridized carbons (Fsp3) is 0.500. The summed E-state index contributed by atoms with van der Waals surface area (Å²) < 4.78 is 18.6. The Morgan fingerprint density at radius 3 is 2.88 bits per heavy atom. The van der Waals surface area contributed by atoms with Crippen LogP contribution in [0.5, 0.6) is 0 Å². The maximum absolute atomic E-state index is 13.2. The molecule has 0 atom stereocenters. The highest BCUT2D eigenvalue weighted by Gasteiger charge is 2.21. The minimum Gasteiger partial charge on any atom is -0.341 e. The molecule has 1 aliphatic carbocycles. The van der Waals surface area contributed by atoms with Crippen LogP contribution < -0.4 is 0 Å². The lowest BCUT2D eigenvalue weighted by molar-refractivity contribution is 0.0795. The highest BCUT2D eigenvalue weighted by molar-refractivity contribution is 5.94. The van der Waals surface area contributed by atoms with E-state index < -0.39 is 5.82 Å². The van der Waals surface area contributed by atoms with Gasteiger partial charge in [-0.25, -0.2) is 4.39 Å². The Kier molecular flexibility index (Phi) is 5.23. The molecule has 0 bridgehead atoms. The second kappa shape index (κ2) is 7.55. The first-order valence-corrected chi connectivity index (χ1v) is 8.47. The molecule has 5 nitrogen and oxygen atoms in total. The molecule has 6 heteroatoms. The van der Waals surface area contributed by atoms with Crippen molar-refractivity contribution in [3.05, 3.63) is 47.4 Å². The van der Waals surface area contributed by atoms with Gasteiger partial charge < -0.3 is 9.42 Å². The molecule has 128 valence electrons. The number of carbonyl (C=O) groups excluding carboxylic acids is 1. The van der Waals surface area contributed by atoms with E-state index in [-0.39, 0.29) is 5.91 Å². The zero-order valence-corrected chi connectivity index (χ0v) is 13.9. The predicted molar refractivity (Wildman–Crippen MR) is 87.2 cm³/mol. The second-order valence-corrected chi connectivity index (χ2v) is 6.37. The topological polar surface area (TPSA) is 59.2 Å². The summed E-state index contributed by atoms with van der Waals surface area (Å²) in [6.07, 6.45) is 6.46. The van der Waals surface area contributed by atoms with Crippen molar-refractivity contribution in [2.45, 2.75) is 44.4 Å². The third-order valence-corrected chi connectivity index (χ3v) is 4.53. The van der Waals surface area contributed by atoms with Crippen LogP contribution in [0.2, 0.25) is 0 Å². The maximum Gasteiger partial charge on any atom is 0.253 e. The number of rotatable bonds is 5. The summed E-state index contributed by atoms with van der Waals surface area (Å²) >= 11 is 0. The summed E-state index contributed by atoms with van der Waals surface area (Å²) in [6.45, 7) is 0.457. The highest BCUT2D eigenvalue weighted by atomic mass is 19.1. The number of amides is 1. The van der Waals surface area contributed by atoms with Gasteiger partial charge in [-0.05, 0) is 31.0 Å². The van der Waals surface area contributed by atoms with Crippen molar-refractivity contribution in [1.29, 1.82) is 0 Å². The summed E-state index contributed by atoms with van der Waals surface area (Å²) in [5.74, 6) is 1.10. The fourth-order valence-corrected chi connectivity index (χ4v) is 3.10. The van der Waals surface area contributed by atoms with Gasteiger partial charge in [0.05, 0.1) is 0 Å². The molecule has 24 heavy (non-hydrogen) atoms. The molecular weight excluding hydrogens is 309 g/mol. The van der Waals surface area contributed by atoms with Crippen LogP contribution in [0.15, 0.2) is 28.8 Å². The van der Waals surface area contributed by atoms with E-state index in [1.807, 2.05) is 0 Å². The van der Waals surface area contributed by atoms with Crippen molar-refractivity contribution >= 4 is 5.91 Å². The first-order valence-electron chi connectivity index (χ1n) is 8.47. The fourth-order valence-electron chi connectivity index (χ4n) is 3.10. The smallest absolute Gasteiger partial charge is 0.253 e. The van der Waals surface area contributed by atoms with Crippen molar-refractivity contribution in [3.8, 4) is 0 Å². The molecule has 3 rings (SSSR count). The van der Waals surface area contributed by atoms with E-state index in [2.05, 4.69) is 10.1 Å². The lowest BCUT2D eigenvalue weighted by Crippen LogP contribution is -2.29. The molecule has 2 aromatic rings. The van der Waals surface area contributed by atoms with Crippen LogP contribution in [-0.4, -0.2) is 34.5 Å². The Morgan fingerprint density at radius 2 is 2.12 bits per heavy atom. The number of benzene rings is 1. The number of aromatic nitrogens is 2. The Bertz CT molecular complexity index is 695. The molecule has 0 saturated heterocycles. The molecule has 0 radical (unpaired) electrons. The van der Waals surface area contributed by atoms with Gasteiger partial charge in [0.15, 0.2) is 5.82 Å². The third-order valence-electron chi connectivity index (χ3n) is 4.53. The summed E-state index contributed by atoms with van der Waals surface area (Å²) in [5, 5.41) is 4.03. The van der Waals surface area contributed by atoms with Crippen LogP contribution in [0.3, 0.4) is 0 Å². The number of hydrogen-bond acceptors (Lipinski definition) is 4. The van der Waals surface area contributed by atoms with Crippen LogP contribution >= 0.6 is 0 Å². The SMILES string of the molecule is CN(CCc1noc(C2CCCCC2)n1)C(=O)c1cccc(F)c1. The number of nitrogens with zero attached hydrogens (tertiary/aromatic N) is 3. The van der Waals surface area contributed by atoms with E-state index in [4.69, 9.17) is 4.52 Å². The second-order valence-electron chi connectivity index (χ2n) is 6.37. The van der Waals surface area contributed by atoms with E-state index in [1.165, 1.54) is 37.5 Å². The number of likely N-dealkylation sites (N-methyl/N-ethyl adjacent to an activating group) is 1. The van der Waals surface area contributed by atoms with Gasteiger partial charge in [0, 0.05) is 31.5 Å². The van der Waals surface area contributed by atoms with Gasteiger partial charge in [-0.15, -0.1) is 0 Å². The zero-order valence-electron chi connectivity index (χ0n) is 13.9. The van der Waals surface area contributed by atoms with E-state index in [0.29, 0.717) is 30.3 Å². The molecular formula is C18H22FN3O2. The van der Waals surface area contributed by atoms with Gasteiger partial charge in [0.25, 0.3) is 5.91 Å². The predicted octanol–water partition coefficient (Wildman–Crippen LogP) is 3.57. The molecule has 1 saturated carbocycles. The van der Waals surface area contributed by atoms with E-state index in [9.17, 15) is 9.18 Å². The maximum atomic E-state index is 13.2. The standard InChI is InChI=1S/C18H22FN3O2/c1-22(18(23)14-8-5-9-15(19)12-14)11-10-16-20-17(24-21-16)13-6-3-2-4-7-13/h5,8-9,12-13H,2-4,6-7,10-11H2,1H3. The van der Waals surface area contributed by atoms with Gasteiger partial charge in [0.1, 0.15) is 5.82 Å². The Hall–Kier alpha value is -2.24. The molecule has 1 amide bonds. The van der Waals surface area contributed by atoms with Crippen LogP contribution in [0.4, 0.5) is 4.39 Å². The number of halogens is 1. The summed E-state index contributed by atoms with van der Waals surface area (Å²) in [6, 6.07) is 5.71. The van der Waals surface area contributed by atoms with E-state index in [0.717, 1.165) is 18.7 Å². The van der Waals surface area contributed by atoms with Gasteiger partial charge in [-0.1, -0.05) is 30.5 Å².